The average Bonchev–Trinajstić information content (AvgIpc) is 3.82. The Labute approximate surface area is 386 Å². The van der Waals surface area contributed by atoms with Crippen LogP contribution in [0.2, 0.25) is 0 Å². The van der Waals surface area contributed by atoms with Gasteiger partial charge in [-0.25, -0.2) is 0 Å². The Kier molecular flexibility index (Phi) is 8.63. The van der Waals surface area contributed by atoms with Crippen LogP contribution in [0.1, 0.15) is 25.0 Å². The van der Waals surface area contributed by atoms with Crippen molar-refractivity contribution in [2.24, 2.45) is 0 Å². The van der Waals surface area contributed by atoms with Crippen LogP contribution in [0.5, 0.6) is 0 Å². The van der Waals surface area contributed by atoms with E-state index in [1.165, 1.54) is 111 Å². The Morgan fingerprint density at radius 2 is 0.712 bits per heavy atom. The molecule has 11 aromatic rings. The van der Waals surface area contributed by atoms with Gasteiger partial charge in [-0.05, 0) is 153 Å². The number of rotatable bonds is 7. The van der Waals surface area contributed by atoms with Crippen molar-refractivity contribution in [3.63, 3.8) is 0 Å². The van der Waals surface area contributed by atoms with Gasteiger partial charge in [0.25, 0.3) is 0 Å². The van der Waals surface area contributed by atoms with Gasteiger partial charge in [0.15, 0.2) is 0 Å². The molecule has 0 N–H and O–H groups in total. The minimum absolute atomic E-state index is 0.287. The molecule has 0 heterocycles. The molecule has 0 aliphatic heterocycles. The summed E-state index contributed by atoms with van der Waals surface area (Å²) >= 11 is 0. The zero-order chi connectivity index (χ0) is 43.9. The average molecular weight is 840 g/mol. The van der Waals surface area contributed by atoms with E-state index in [9.17, 15) is 0 Å². The number of hydrogen-bond donors (Lipinski definition) is 0. The number of para-hydroxylation sites is 2. The standard InChI is InChI=1S/C65H45N/c1-65(2)57-40-46(66(44-26-11-5-12-27-44)45-28-13-6-14-29-45)38-39-53(57)60-54-36-21-37-55-59(54)56(41-58(60)65)64-62(50-33-18-16-31-48(50)43-24-9-4-10-25-43)52-35-20-19-34-51(52)61(63(55)64)49-32-17-15-30-47(49)42-22-7-3-8-23-42/h3-41H,1-2H3. The van der Waals surface area contributed by atoms with E-state index < -0.39 is 0 Å². The maximum atomic E-state index is 2.59. The highest BCUT2D eigenvalue weighted by atomic mass is 15.1. The predicted molar refractivity (Wildman–Crippen MR) is 280 cm³/mol. The number of hydrogen-bond acceptors (Lipinski definition) is 1. The molecule has 11 aromatic carbocycles. The van der Waals surface area contributed by atoms with Crippen molar-refractivity contribution < 1.29 is 0 Å². The van der Waals surface area contributed by atoms with Gasteiger partial charge in [0, 0.05) is 22.5 Å². The molecule has 310 valence electrons. The van der Waals surface area contributed by atoms with Crippen LogP contribution in [-0.2, 0) is 5.41 Å². The molecule has 0 fully saturated rings. The molecule has 0 radical (unpaired) electrons. The van der Waals surface area contributed by atoms with E-state index in [4.69, 9.17) is 0 Å². The topological polar surface area (TPSA) is 3.24 Å². The number of benzene rings is 11. The highest BCUT2D eigenvalue weighted by molar-refractivity contribution is 6.30. The number of nitrogens with zero attached hydrogens (tertiary/aromatic N) is 1. The molecule has 0 amide bonds. The minimum atomic E-state index is -0.287. The van der Waals surface area contributed by atoms with E-state index in [2.05, 4.69) is 255 Å². The lowest BCUT2D eigenvalue weighted by Crippen LogP contribution is -2.16. The Bertz CT molecular complexity index is 3660. The summed E-state index contributed by atoms with van der Waals surface area (Å²) in [6.45, 7) is 4.87. The zero-order valence-corrected chi connectivity index (χ0v) is 37.0. The van der Waals surface area contributed by atoms with Crippen molar-refractivity contribution in [3.05, 3.63) is 248 Å². The third-order valence-electron chi connectivity index (χ3n) is 14.4. The molecule has 0 unspecified atom stereocenters. The molecule has 2 aliphatic rings. The molecule has 66 heavy (non-hydrogen) atoms. The molecule has 2 aliphatic carbocycles. The summed E-state index contributed by atoms with van der Waals surface area (Å²) in [5, 5.41) is 5.16. The SMILES string of the molecule is CC1(C)c2cc(N(c3ccccc3)c3ccccc3)ccc2-c2c1cc1c3c(cccc23)-c2c-1c(-c1ccccc1-c1ccccc1)c1ccccc1c2-c1ccccc1-c1ccccc1. The molecule has 1 nitrogen and oxygen atoms in total. The van der Waals surface area contributed by atoms with Crippen molar-refractivity contribution in [2.45, 2.75) is 19.3 Å². The molecular weight excluding hydrogens is 795 g/mol. The number of fused-ring (bicyclic) bond motifs is 8. The van der Waals surface area contributed by atoms with Crippen LogP contribution in [0.25, 0.3) is 99.4 Å². The smallest absolute Gasteiger partial charge is 0.0465 e. The normalized spacial score (nSPS) is 12.8. The van der Waals surface area contributed by atoms with Gasteiger partial charge in [0.05, 0.1) is 0 Å². The van der Waals surface area contributed by atoms with E-state index in [1.807, 2.05) is 0 Å². The lowest BCUT2D eigenvalue weighted by Gasteiger charge is -2.28. The van der Waals surface area contributed by atoms with Gasteiger partial charge in [-0.15, -0.1) is 0 Å². The predicted octanol–water partition coefficient (Wildman–Crippen LogP) is 18.1. The minimum Gasteiger partial charge on any atom is -0.310 e. The quantitative estimate of drug-likeness (QED) is 0.155. The molecule has 1 heteroatoms. The van der Waals surface area contributed by atoms with E-state index in [0.717, 1.165) is 17.1 Å². The summed E-state index contributed by atoms with van der Waals surface area (Å²) in [6, 6.07) is 87.4. The van der Waals surface area contributed by atoms with Crippen LogP contribution in [0.15, 0.2) is 237 Å². The second-order valence-corrected chi connectivity index (χ2v) is 18.3. The molecule has 0 bridgehead atoms. The lowest BCUT2D eigenvalue weighted by atomic mass is 9.78. The third-order valence-corrected chi connectivity index (χ3v) is 14.4. The van der Waals surface area contributed by atoms with E-state index in [-0.39, 0.29) is 5.41 Å². The fourth-order valence-corrected chi connectivity index (χ4v) is 11.5. The van der Waals surface area contributed by atoms with Crippen molar-refractivity contribution in [3.8, 4) is 77.9 Å². The van der Waals surface area contributed by atoms with E-state index in [1.54, 1.807) is 0 Å². The summed E-state index contributed by atoms with van der Waals surface area (Å²) in [5.74, 6) is 0. The van der Waals surface area contributed by atoms with Gasteiger partial charge >= 0.3 is 0 Å². The van der Waals surface area contributed by atoms with Crippen LogP contribution in [0.3, 0.4) is 0 Å². The van der Waals surface area contributed by atoms with Crippen molar-refractivity contribution >= 4 is 38.6 Å². The molecule has 0 saturated heterocycles. The van der Waals surface area contributed by atoms with Crippen LogP contribution in [-0.4, -0.2) is 0 Å². The van der Waals surface area contributed by atoms with E-state index >= 15 is 0 Å². The molecule has 0 spiro atoms. The van der Waals surface area contributed by atoms with Crippen molar-refractivity contribution in [1.29, 1.82) is 0 Å². The molecule has 0 saturated carbocycles. The maximum Gasteiger partial charge on any atom is 0.0465 e. The van der Waals surface area contributed by atoms with Gasteiger partial charge < -0.3 is 4.90 Å². The first-order chi connectivity index (χ1) is 32.6. The molecule has 0 aromatic heterocycles. The molecular formula is C65H45N. The maximum absolute atomic E-state index is 2.59. The first-order valence-electron chi connectivity index (χ1n) is 23.1. The van der Waals surface area contributed by atoms with Crippen molar-refractivity contribution in [1.82, 2.24) is 0 Å². The lowest BCUT2D eigenvalue weighted by molar-refractivity contribution is 0.661. The Morgan fingerprint density at radius 1 is 0.273 bits per heavy atom. The molecule has 0 atom stereocenters. The fraction of sp³-hybridized carbons (Fsp3) is 0.0462. The van der Waals surface area contributed by atoms with Crippen LogP contribution in [0.4, 0.5) is 17.1 Å². The summed E-state index contributed by atoms with van der Waals surface area (Å²) in [4.78, 5) is 2.39. The summed E-state index contributed by atoms with van der Waals surface area (Å²) in [6.07, 6.45) is 0. The molecule has 13 rings (SSSR count). The summed E-state index contributed by atoms with van der Waals surface area (Å²) in [5.41, 5.74) is 23.7. The Morgan fingerprint density at radius 3 is 1.26 bits per heavy atom. The highest BCUT2D eigenvalue weighted by Gasteiger charge is 2.41. The van der Waals surface area contributed by atoms with Gasteiger partial charge in [-0.1, -0.05) is 208 Å². The van der Waals surface area contributed by atoms with Gasteiger partial charge in [-0.3, -0.25) is 0 Å². The summed E-state index contributed by atoms with van der Waals surface area (Å²) < 4.78 is 0. The zero-order valence-electron chi connectivity index (χ0n) is 37.0. The second kappa shape index (κ2) is 14.9. The van der Waals surface area contributed by atoms with Crippen LogP contribution < -0.4 is 4.90 Å². The van der Waals surface area contributed by atoms with E-state index in [0.29, 0.717) is 0 Å². The second-order valence-electron chi connectivity index (χ2n) is 18.3. The monoisotopic (exact) mass is 839 g/mol. The highest BCUT2D eigenvalue weighted by Crippen LogP contribution is 2.63. The largest absolute Gasteiger partial charge is 0.310 e. The Hall–Kier alpha value is -8.26. The van der Waals surface area contributed by atoms with Gasteiger partial charge in [0.2, 0.25) is 0 Å². The van der Waals surface area contributed by atoms with Crippen molar-refractivity contribution in [2.75, 3.05) is 4.90 Å². The Balaban J connectivity index is 1.13. The third kappa shape index (κ3) is 5.66. The first-order valence-corrected chi connectivity index (χ1v) is 23.1. The number of anilines is 3. The first kappa shape index (κ1) is 38.2. The van der Waals surface area contributed by atoms with Gasteiger partial charge in [0.1, 0.15) is 0 Å². The van der Waals surface area contributed by atoms with Crippen LogP contribution >= 0.6 is 0 Å². The summed E-state index contributed by atoms with van der Waals surface area (Å²) in [7, 11) is 0. The fourth-order valence-electron chi connectivity index (χ4n) is 11.5. The van der Waals surface area contributed by atoms with Crippen LogP contribution in [0, 0.1) is 0 Å². The van der Waals surface area contributed by atoms with Gasteiger partial charge in [-0.2, -0.15) is 0 Å².